The number of carbonyl (C=O) groups excluding carboxylic acids is 1. The zero-order valence-corrected chi connectivity index (χ0v) is 18.1. The fourth-order valence-corrected chi connectivity index (χ4v) is 5.35. The molecule has 0 saturated heterocycles. The normalized spacial score (nSPS) is 12.0. The van der Waals surface area contributed by atoms with Crippen LogP contribution in [0.1, 0.15) is 23.6 Å². The van der Waals surface area contributed by atoms with Crippen LogP contribution in [0, 0.1) is 24.7 Å². The van der Waals surface area contributed by atoms with Crippen molar-refractivity contribution in [3.63, 3.8) is 0 Å². The molecule has 0 unspecified atom stereocenters. The lowest BCUT2D eigenvalue weighted by Gasteiger charge is -2.15. The minimum atomic E-state index is -0.283. The molecule has 3 rings (SSSR count). The van der Waals surface area contributed by atoms with E-state index in [0.717, 1.165) is 26.8 Å². The monoisotopic (exact) mass is 415 g/mol. The molecule has 0 spiro atoms. The Morgan fingerprint density at radius 1 is 1.19 bits per heavy atom. The molecular weight excluding hydrogens is 394 g/mol. The Balaban J connectivity index is 1.73. The highest BCUT2D eigenvalue weighted by molar-refractivity contribution is 8.02. The maximum absolute atomic E-state index is 12.7. The maximum atomic E-state index is 12.7. The Morgan fingerprint density at radius 3 is 2.44 bits per heavy atom. The van der Waals surface area contributed by atoms with E-state index in [4.69, 9.17) is 12.2 Å². The van der Waals surface area contributed by atoms with Gasteiger partial charge in [0.25, 0.3) is 0 Å². The van der Waals surface area contributed by atoms with Gasteiger partial charge >= 0.3 is 0 Å². The third-order valence-corrected chi connectivity index (χ3v) is 6.52. The van der Waals surface area contributed by atoms with Gasteiger partial charge in [0.2, 0.25) is 5.91 Å². The molecule has 27 heavy (non-hydrogen) atoms. The third kappa shape index (κ3) is 4.66. The number of thioether (sulfide) groups is 1. The van der Waals surface area contributed by atoms with Gasteiger partial charge < -0.3 is 5.32 Å². The Morgan fingerprint density at radius 2 is 1.81 bits per heavy atom. The molecule has 2 aromatic carbocycles. The van der Waals surface area contributed by atoms with Crippen molar-refractivity contribution in [2.24, 2.45) is 0 Å². The summed E-state index contributed by atoms with van der Waals surface area (Å²) < 4.78 is 3.19. The maximum Gasteiger partial charge on any atom is 0.237 e. The zero-order chi connectivity index (χ0) is 19.6. The van der Waals surface area contributed by atoms with Crippen LogP contribution in [0.5, 0.6) is 0 Å². The minimum Gasteiger partial charge on any atom is -0.325 e. The van der Waals surface area contributed by atoms with E-state index in [-0.39, 0.29) is 11.2 Å². The second kappa shape index (κ2) is 8.37. The van der Waals surface area contributed by atoms with Gasteiger partial charge in [-0.05, 0) is 63.2 Å². The number of rotatable bonds is 5. The summed E-state index contributed by atoms with van der Waals surface area (Å²) in [4.78, 5) is 12.7. The fourth-order valence-electron chi connectivity index (χ4n) is 2.85. The lowest BCUT2D eigenvalue weighted by Crippen LogP contribution is -2.23. The topological polar surface area (TPSA) is 46.9 Å². The summed E-state index contributed by atoms with van der Waals surface area (Å²) in [5, 5.41) is 7.35. The van der Waals surface area contributed by atoms with Gasteiger partial charge in [-0.1, -0.05) is 59.0 Å². The summed E-state index contributed by atoms with van der Waals surface area (Å²) in [6.07, 6.45) is 0. The fraction of sp³-hybridized carbons (Fsp3) is 0.250. The number of para-hydroxylation sites is 1. The molecular formula is C20H21N3OS3. The Bertz CT molecular complexity index is 1000. The van der Waals surface area contributed by atoms with Gasteiger partial charge in [0.15, 0.2) is 8.29 Å². The first kappa shape index (κ1) is 19.8. The van der Waals surface area contributed by atoms with Gasteiger partial charge in [-0.25, -0.2) is 4.68 Å². The number of nitrogens with zero attached hydrogens (tertiary/aromatic N) is 2. The number of aryl methyl sites for hydroxylation is 3. The first-order valence-corrected chi connectivity index (χ1v) is 10.7. The molecule has 1 N–H and O–H groups in total. The highest BCUT2D eigenvalue weighted by atomic mass is 32.2. The summed E-state index contributed by atoms with van der Waals surface area (Å²) in [5.41, 5.74) is 5.15. The molecule has 0 bridgehead atoms. The smallest absolute Gasteiger partial charge is 0.237 e. The van der Waals surface area contributed by atoms with E-state index in [0.29, 0.717) is 3.95 Å². The SMILES string of the molecule is Cc1cc(C)c(NC(=O)[C@@H](C)Sc2nn(-c3ccccc3)c(=S)s2)c(C)c1. The van der Waals surface area contributed by atoms with Gasteiger partial charge in [0, 0.05) is 5.69 Å². The average molecular weight is 416 g/mol. The van der Waals surface area contributed by atoms with E-state index < -0.39 is 0 Å². The summed E-state index contributed by atoms with van der Waals surface area (Å²) in [7, 11) is 0. The van der Waals surface area contributed by atoms with Crippen LogP contribution in [0.2, 0.25) is 0 Å². The first-order chi connectivity index (χ1) is 12.8. The number of carbonyl (C=O) groups is 1. The summed E-state index contributed by atoms with van der Waals surface area (Å²) >= 11 is 8.27. The molecule has 0 aliphatic rings. The van der Waals surface area contributed by atoms with Gasteiger partial charge in [0.05, 0.1) is 10.9 Å². The van der Waals surface area contributed by atoms with Crippen molar-refractivity contribution >= 4 is 46.9 Å². The molecule has 1 amide bonds. The second-order valence-corrected chi connectivity index (χ2v) is 9.61. The van der Waals surface area contributed by atoms with Crippen LogP contribution < -0.4 is 5.32 Å². The molecule has 1 aromatic heterocycles. The number of nitrogens with one attached hydrogen (secondary N) is 1. The summed E-state index contributed by atoms with van der Waals surface area (Å²) in [6, 6.07) is 13.9. The van der Waals surface area contributed by atoms with Crippen LogP contribution in [0.4, 0.5) is 5.69 Å². The van der Waals surface area contributed by atoms with Crippen molar-refractivity contribution in [3.8, 4) is 5.69 Å². The van der Waals surface area contributed by atoms with Crippen molar-refractivity contribution in [1.29, 1.82) is 0 Å². The molecule has 1 heterocycles. The number of anilines is 1. The van der Waals surface area contributed by atoms with Gasteiger partial charge in [0.1, 0.15) is 0 Å². The molecule has 0 aliphatic heterocycles. The first-order valence-electron chi connectivity index (χ1n) is 8.56. The van der Waals surface area contributed by atoms with Crippen LogP contribution in [-0.4, -0.2) is 20.9 Å². The van der Waals surface area contributed by atoms with Crippen LogP contribution in [-0.2, 0) is 4.79 Å². The van der Waals surface area contributed by atoms with Crippen LogP contribution in [0.3, 0.4) is 0 Å². The lowest BCUT2D eigenvalue weighted by atomic mass is 10.1. The Labute approximate surface area is 172 Å². The molecule has 4 nitrogen and oxygen atoms in total. The predicted molar refractivity (Wildman–Crippen MR) is 117 cm³/mol. The van der Waals surface area contributed by atoms with Gasteiger partial charge in [-0.15, -0.1) is 5.10 Å². The van der Waals surface area contributed by atoms with Crippen molar-refractivity contribution in [2.75, 3.05) is 5.32 Å². The van der Waals surface area contributed by atoms with E-state index in [9.17, 15) is 4.79 Å². The van der Waals surface area contributed by atoms with E-state index >= 15 is 0 Å². The molecule has 0 aliphatic carbocycles. The lowest BCUT2D eigenvalue weighted by molar-refractivity contribution is -0.115. The average Bonchev–Trinajstić information content (AvgIpc) is 2.98. The van der Waals surface area contributed by atoms with Crippen molar-refractivity contribution < 1.29 is 4.79 Å². The van der Waals surface area contributed by atoms with E-state index in [2.05, 4.69) is 29.5 Å². The van der Waals surface area contributed by atoms with Crippen LogP contribution >= 0.6 is 35.3 Å². The third-order valence-electron chi connectivity index (χ3n) is 4.10. The summed E-state index contributed by atoms with van der Waals surface area (Å²) in [6.45, 7) is 7.97. The molecule has 0 saturated carbocycles. The molecule has 1 atom stereocenters. The Hall–Kier alpha value is -1.96. The molecule has 0 radical (unpaired) electrons. The highest BCUT2D eigenvalue weighted by Crippen LogP contribution is 2.29. The minimum absolute atomic E-state index is 0.0394. The molecule has 0 fully saturated rings. The Kier molecular flexibility index (Phi) is 6.14. The highest BCUT2D eigenvalue weighted by Gasteiger charge is 2.19. The van der Waals surface area contributed by atoms with E-state index in [1.54, 1.807) is 4.68 Å². The summed E-state index contributed by atoms with van der Waals surface area (Å²) in [5.74, 6) is -0.0394. The number of hydrogen-bond donors (Lipinski definition) is 1. The van der Waals surface area contributed by atoms with Gasteiger partial charge in [-0.2, -0.15) is 0 Å². The number of amides is 1. The molecule has 7 heteroatoms. The zero-order valence-electron chi connectivity index (χ0n) is 15.6. The van der Waals surface area contributed by atoms with Crippen LogP contribution in [0.25, 0.3) is 5.69 Å². The quantitative estimate of drug-likeness (QED) is 0.428. The number of hydrogen-bond acceptors (Lipinski definition) is 5. The number of benzene rings is 2. The molecule has 140 valence electrons. The molecule has 3 aromatic rings. The van der Waals surface area contributed by atoms with Crippen LogP contribution in [0.15, 0.2) is 46.8 Å². The van der Waals surface area contributed by atoms with Crippen molar-refractivity contribution in [2.45, 2.75) is 37.3 Å². The van der Waals surface area contributed by atoms with E-state index in [1.807, 2.05) is 51.1 Å². The second-order valence-electron chi connectivity index (χ2n) is 6.40. The largest absolute Gasteiger partial charge is 0.325 e. The van der Waals surface area contributed by atoms with E-state index in [1.165, 1.54) is 28.7 Å². The van der Waals surface area contributed by atoms with Crippen molar-refractivity contribution in [1.82, 2.24) is 9.78 Å². The van der Waals surface area contributed by atoms with Crippen molar-refractivity contribution in [3.05, 3.63) is 63.1 Å². The van der Waals surface area contributed by atoms with Gasteiger partial charge in [-0.3, -0.25) is 4.79 Å². The number of aromatic nitrogens is 2. The predicted octanol–water partition coefficient (Wildman–Crippen LogP) is 5.71. The standard InChI is InChI=1S/C20H21N3OS3/c1-12-10-13(2)17(14(3)11-12)21-18(24)15(4)26-19-22-23(20(25)27-19)16-8-6-5-7-9-16/h5-11,15H,1-4H3,(H,21,24)/t15-/m1/s1.